The molecule has 0 aromatic carbocycles. The van der Waals surface area contributed by atoms with Crippen LogP contribution in [0.15, 0.2) is 0 Å². The summed E-state index contributed by atoms with van der Waals surface area (Å²) in [5.74, 6) is 0.937. The van der Waals surface area contributed by atoms with E-state index in [0.717, 1.165) is 44.4 Å². The minimum absolute atomic E-state index is 0.0211. The topological polar surface area (TPSA) is 64.3 Å². The molecule has 4 nitrogen and oxygen atoms in total. The Bertz CT molecular complexity index is 311. The Morgan fingerprint density at radius 2 is 2.05 bits per heavy atom. The van der Waals surface area contributed by atoms with E-state index in [1.807, 2.05) is 0 Å². The molecule has 2 fully saturated rings. The van der Waals surface area contributed by atoms with Crippen molar-refractivity contribution in [2.45, 2.75) is 64.0 Å². The molecule has 1 heterocycles. The first-order valence-electron chi connectivity index (χ1n) is 7.74. The number of carbonyl (C=O) groups is 1. The number of carbonyl (C=O) groups excluding carboxylic acids is 1. The Hall–Kier alpha value is -0.610. The van der Waals surface area contributed by atoms with Crippen LogP contribution in [0, 0.1) is 11.8 Å². The van der Waals surface area contributed by atoms with Gasteiger partial charge in [-0.3, -0.25) is 4.79 Å². The third kappa shape index (κ3) is 3.29. The highest BCUT2D eigenvalue weighted by molar-refractivity contribution is 5.80. The van der Waals surface area contributed by atoms with Crippen molar-refractivity contribution in [3.05, 3.63) is 0 Å². The SMILES string of the molecule is CCC1OCCC1C(=O)NC1(CN)CCC(C)CC1. The number of hydrogen-bond acceptors (Lipinski definition) is 3. The third-order valence-corrected chi connectivity index (χ3v) is 4.96. The number of nitrogens with one attached hydrogen (secondary N) is 1. The van der Waals surface area contributed by atoms with Gasteiger partial charge in [-0.1, -0.05) is 13.8 Å². The molecule has 110 valence electrons. The number of nitrogens with two attached hydrogens (primary N) is 1. The van der Waals surface area contributed by atoms with Crippen molar-refractivity contribution < 1.29 is 9.53 Å². The van der Waals surface area contributed by atoms with E-state index >= 15 is 0 Å². The van der Waals surface area contributed by atoms with Gasteiger partial charge < -0.3 is 15.8 Å². The second kappa shape index (κ2) is 6.23. The van der Waals surface area contributed by atoms with E-state index in [2.05, 4.69) is 19.2 Å². The van der Waals surface area contributed by atoms with Crippen LogP contribution in [0.5, 0.6) is 0 Å². The fraction of sp³-hybridized carbons (Fsp3) is 0.933. The average Bonchev–Trinajstić information content (AvgIpc) is 2.90. The number of rotatable bonds is 4. The highest BCUT2D eigenvalue weighted by Gasteiger charge is 2.39. The molecule has 2 unspecified atom stereocenters. The molecule has 3 N–H and O–H groups in total. The summed E-state index contributed by atoms with van der Waals surface area (Å²) in [7, 11) is 0. The van der Waals surface area contributed by atoms with Crippen LogP contribution < -0.4 is 11.1 Å². The minimum atomic E-state index is -0.162. The van der Waals surface area contributed by atoms with E-state index in [-0.39, 0.29) is 23.5 Å². The van der Waals surface area contributed by atoms with Gasteiger partial charge in [0.1, 0.15) is 0 Å². The van der Waals surface area contributed by atoms with Crippen molar-refractivity contribution in [2.75, 3.05) is 13.2 Å². The van der Waals surface area contributed by atoms with Gasteiger partial charge in [0.2, 0.25) is 5.91 Å². The van der Waals surface area contributed by atoms with E-state index in [4.69, 9.17) is 10.5 Å². The molecule has 1 amide bonds. The molecule has 2 rings (SSSR count). The monoisotopic (exact) mass is 268 g/mol. The maximum absolute atomic E-state index is 12.5. The van der Waals surface area contributed by atoms with Crippen LogP contribution in [0.2, 0.25) is 0 Å². The molecule has 1 saturated heterocycles. The standard InChI is InChI=1S/C15H28N2O2/c1-3-13-12(6-9-19-13)14(18)17-15(10-16)7-4-11(2)5-8-15/h11-13H,3-10,16H2,1-2H3,(H,17,18). The molecule has 0 aromatic rings. The summed E-state index contributed by atoms with van der Waals surface area (Å²) in [5, 5.41) is 3.26. The molecule has 0 aromatic heterocycles. The number of hydrogen-bond donors (Lipinski definition) is 2. The molecular formula is C15H28N2O2. The second-order valence-corrected chi connectivity index (χ2v) is 6.37. The molecule has 19 heavy (non-hydrogen) atoms. The highest BCUT2D eigenvalue weighted by atomic mass is 16.5. The van der Waals surface area contributed by atoms with E-state index in [9.17, 15) is 4.79 Å². The fourth-order valence-electron chi connectivity index (χ4n) is 3.40. The lowest BCUT2D eigenvalue weighted by Gasteiger charge is -2.40. The van der Waals surface area contributed by atoms with Crippen LogP contribution >= 0.6 is 0 Å². The van der Waals surface area contributed by atoms with Crippen LogP contribution in [0.25, 0.3) is 0 Å². The van der Waals surface area contributed by atoms with Gasteiger partial charge in [0, 0.05) is 13.2 Å². The molecule has 0 radical (unpaired) electrons. The van der Waals surface area contributed by atoms with Crippen molar-refractivity contribution in [2.24, 2.45) is 17.6 Å². The summed E-state index contributed by atoms with van der Waals surface area (Å²) in [6, 6.07) is 0. The zero-order chi connectivity index (χ0) is 13.9. The summed E-state index contributed by atoms with van der Waals surface area (Å²) in [6.07, 6.45) is 6.21. The maximum atomic E-state index is 12.5. The van der Waals surface area contributed by atoms with Gasteiger partial charge in [0.05, 0.1) is 17.6 Å². The Labute approximate surface area is 116 Å². The lowest BCUT2D eigenvalue weighted by molar-refractivity contribution is -0.129. The molecular weight excluding hydrogens is 240 g/mol. The normalized spacial score (nSPS) is 39.2. The van der Waals surface area contributed by atoms with Crippen LogP contribution in [0.4, 0.5) is 0 Å². The third-order valence-electron chi connectivity index (χ3n) is 4.96. The Morgan fingerprint density at radius 1 is 1.37 bits per heavy atom. The Morgan fingerprint density at radius 3 is 2.63 bits per heavy atom. The summed E-state index contributed by atoms with van der Waals surface area (Å²) >= 11 is 0. The van der Waals surface area contributed by atoms with E-state index in [1.54, 1.807) is 0 Å². The summed E-state index contributed by atoms with van der Waals surface area (Å²) in [5.41, 5.74) is 5.79. The average molecular weight is 268 g/mol. The first kappa shape index (κ1) is 14.8. The van der Waals surface area contributed by atoms with Crippen LogP contribution in [-0.2, 0) is 9.53 Å². The van der Waals surface area contributed by atoms with Crippen LogP contribution in [0.1, 0.15) is 52.4 Å². The van der Waals surface area contributed by atoms with E-state index in [1.165, 1.54) is 0 Å². The zero-order valence-corrected chi connectivity index (χ0v) is 12.3. The molecule has 2 aliphatic rings. The highest BCUT2D eigenvalue weighted by Crippen LogP contribution is 2.32. The zero-order valence-electron chi connectivity index (χ0n) is 12.3. The first-order chi connectivity index (χ1) is 9.10. The van der Waals surface area contributed by atoms with Crippen molar-refractivity contribution in [1.29, 1.82) is 0 Å². The lowest BCUT2D eigenvalue weighted by Crippen LogP contribution is -2.57. The van der Waals surface area contributed by atoms with Gasteiger partial charge in [0.15, 0.2) is 0 Å². The molecule has 4 heteroatoms. The number of ether oxygens (including phenoxy) is 1. The van der Waals surface area contributed by atoms with Crippen LogP contribution in [0.3, 0.4) is 0 Å². The van der Waals surface area contributed by atoms with Gasteiger partial charge in [0.25, 0.3) is 0 Å². The molecule has 2 atom stereocenters. The lowest BCUT2D eigenvalue weighted by atomic mass is 9.76. The smallest absolute Gasteiger partial charge is 0.226 e. The molecule has 0 bridgehead atoms. The predicted molar refractivity (Wildman–Crippen MR) is 75.7 cm³/mol. The largest absolute Gasteiger partial charge is 0.377 e. The molecule has 1 saturated carbocycles. The van der Waals surface area contributed by atoms with E-state index in [0.29, 0.717) is 13.2 Å². The van der Waals surface area contributed by atoms with Gasteiger partial charge in [-0.25, -0.2) is 0 Å². The maximum Gasteiger partial charge on any atom is 0.226 e. The van der Waals surface area contributed by atoms with Gasteiger partial charge >= 0.3 is 0 Å². The van der Waals surface area contributed by atoms with Gasteiger partial charge in [-0.15, -0.1) is 0 Å². The van der Waals surface area contributed by atoms with Gasteiger partial charge in [-0.2, -0.15) is 0 Å². The predicted octanol–water partition coefficient (Wildman–Crippen LogP) is 1.83. The van der Waals surface area contributed by atoms with Crippen molar-refractivity contribution in [3.63, 3.8) is 0 Å². The first-order valence-corrected chi connectivity index (χ1v) is 7.74. The molecule has 1 aliphatic heterocycles. The van der Waals surface area contributed by atoms with Crippen molar-refractivity contribution in [1.82, 2.24) is 5.32 Å². The quantitative estimate of drug-likeness (QED) is 0.817. The Kier molecular flexibility index (Phi) is 4.85. The number of amides is 1. The fourth-order valence-corrected chi connectivity index (χ4v) is 3.40. The van der Waals surface area contributed by atoms with Gasteiger partial charge in [-0.05, 0) is 44.4 Å². The van der Waals surface area contributed by atoms with Crippen molar-refractivity contribution in [3.8, 4) is 0 Å². The molecule has 0 spiro atoms. The van der Waals surface area contributed by atoms with Crippen molar-refractivity contribution >= 4 is 5.91 Å². The second-order valence-electron chi connectivity index (χ2n) is 6.37. The molecule has 1 aliphatic carbocycles. The summed E-state index contributed by atoms with van der Waals surface area (Å²) < 4.78 is 5.62. The summed E-state index contributed by atoms with van der Waals surface area (Å²) in [6.45, 7) is 5.62. The summed E-state index contributed by atoms with van der Waals surface area (Å²) in [4.78, 5) is 12.5. The van der Waals surface area contributed by atoms with E-state index < -0.39 is 0 Å². The van der Waals surface area contributed by atoms with Crippen LogP contribution in [-0.4, -0.2) is 30.7 Å². The Balaban J connectivity index is 1.96. The minimum Gasteiger partial charge on any atom is -0.377 e.